The van der Waals surface area contributed by atoms with Gasteiger partial charge in [-0.1, -0.05) is 12.1 Å². The lowest BCUT2D eigenvalue weighted by atomic mass is 10.2. The zero-order valence-electron chi connectivity index (χ0n) is 11.0. The van der Waals surface area contributed by atoms with Crippen LogP contribution in [0.3, 0.4) is 0 Å². The highest BCUT2D eigenvalue weighted by Crippen LogP contribution is 2.28. The highest BCUT2D eigenvalue weighted by Gasteiger charge is 2.27. The Morgan fingerprint density at radius 3 is 2.50 bits per heavy atom. The van der Waals surface area contributed by atoms with Crippen LogP contribution in [0.5, 0.6) is 0 Å². The molecular weight excluding hydrogens is 285 g/mol. The molecule has 1 aromatic carbocycles. The number of aryl methyl sites for hydroxylation is 2. The van der Waals surface area contributed by atoms with E-state index in [0.29, 0.717) is 5.76 Å². The van der Waals surface area contributed by atoms with Crippen molar-refractivity contribution >= 4 is 15.7 Å². The van der Waals surface area contributed by atoms with Gasteiger partial charge in [0.1, 0.15) is 22.2 Å². The van der Waals surface area contributed by atoms with Crippen LogP contribution in [-0.2, 0) is 16.6 Å². The summed E-state index contributed by atoms with van der Waals surface area (Å²) in [6, 6.07) is 5.44. The van der Waals surface area contributed by atoms with Crippen molar-refractivity contribution in [2.24, 2.45) is 0 Å². The minimum absolute atomic E-state index is 0.149. The smallest absolute Gasteiger partial charge is 0.265 e. The predicted molar refractivity (Wildman–Crippen MR) is 71.3 cm³/mol. The van der Waals surface area contributed by atoms with Crippen LogP contribution >= 0.6 is 0 Å². The summed E-state index contributed by atoms with van der Waals surface area (Å²) in [5, 5.41) is 9.27. The molecule has 0 spiro atoms. The topological polar surface area (TPSA) is 79.5 Å². The van der Waals surface area contributed by atoms with Gasteiger partial charge in [0.05, 0.1) is 12.3 Å². The third-order valence-electron chi connectivity index (χ3n) is 2.87. The van der Waals surface area contributed by atoms with Crippen molar-refractivity contribution in [2.45, 2.75) is 25.3 Å². The van der Waals surface area contributed by atoms with Gasteiger partial charge in [-0.3, -0.25) is 4.72 Å². The van der Waals surface area contributed by atoms with Gasteiger partial charge in [0.15, 0.2) is 0 Å². The Balaban J connectivity index is 2.49. The number of nitrogens with one attached hydrogen (secondary N) is 1. The van der Waals surface area contributed by atoms with Gasteiger partial charge < -0.3 is 9.52 Å². The van der Waals surface area contributed by atoms with Gasteiger partial charge in [-0.2, -0.15) is 0 Å². The fraction of sp³-hybridized carbons (Fsp3) is 0.231. The minimum Gasteiger partial charge on any atom is -0.465 e. The van der Waals surface area contributed by atoms with E-state index in [9.17, 15) is 17.9 Å². The molecule has 7 heteroatoms. The molecule has 1 aromatic heterocycles. The van der Waals surface area contributed by atoms with Gasteiger partial charge in [0.2, 0.25) is 0 Å². The third kappa shape index (κ3) is 2.54. The van der Waals surface area contributed by atoms with Crippen LogP contribution in [0.4, 0.5) is 10.1 Å². The maximum Gasteiger partial charge on any atom is 0.265 e. The molecule has 0 amide bonds. The van der Waals surface area contributed by atoms with Gasteiger partial charge in [-0.05, 0) is 26.0 Å². The lowest BCUT2D eigenvalue weighted by Gasteiger charge is -2.09. The van der Waals surface area contributed by atoms with Crippen LogP contribution < -0.4 is 4.72 Å². The zero-order chi connectivity index (χ0) is 14.9. The van der Waals surface area contributed by atoms with Crippen molar-refractivity contribution in [3.8, 4) is 0 Å². The molecule has 0 aliphatic carbocycles. The van der Waals surface area contributed by atoms with Gasteiger partial charge in [0, 0.05) is 5.56 Å². The summed E-state index contributed by atoms with van der Waals surface area (Å²) in [6.45, 7) is 2.55. The Morgan fingerprint density at radius 1 is 1.25 bits per heavy atom. The standard InChI is InChI=1S/C13H14FNO4S/c1-8-10(7-16)13(9(2)19-8)20(17,18)15-12-6-4-3-5-11(12)14/h3-6,15-16H,7H2,1-2H3. The number of hydrogen-bond acceptors (Lipinski definition) is 4. The van der Waals surface area contributed by atoms with E-state index in [4.69, 9.17) is 4.42 Å². The molecule has 1 heterocycles. The number of rotatable bonds is 4. The number of sulfonamides is 1. The Labute approximate surface area is 116 Å². The van der Waals surface area contributed by atoms with Crippen molar-refractivity contribution in [3.05, 3.63) is 47.2 Å². The van der Waals surface area contributed by atoms with E-state index in [2.05, 4.69) is 4.72 Å². The number of benzene rings is 1. The molecule has 0 atom stereocenters. The summed E-state index contributed by atoms with van der Waals surface area (Å²) in [6.07, 6.45) is 0. The van der Waals surface area contributed by atoms with Gasteiger partial charge in [0.25, 0.3) is 10.0 Å². The Bertz CT molecular complexity index is 737. The Hall–Kier alpha value is -1.86. The van der Waals surface area contributed by atoms with Crippen molar-refractivity contribution < 1.29 is 22.3 Å². The molecule has 2 N–H and O–H groups in total. The third-order valence-corrected chi connectivity index (χ3v) is 4.43. The van der Waals surface area contributed by atoms with Gasteiger partial charge >= 0.3 is 0 Å². The first-order valence-electron chi connectivity index (χ1n) is 5.84. The number of hydrogen-bond donors (Lipinski definition) is 2. The lowest BCUT2D eigenvalue weighted by Crippen LogP contribution is -2.16. The Morgan fingerprint density at radius 2 is 1.90 bits per heavy atom. The van der Waals surface area contributed by atoms with Crippen molar-refractivity contribution in [2.75, 3.05) is 4.72 Å². The molecule has 20 heavy (non-hydrogen) atoms. The van der Waals surface area contributed by atoms with E-state index in [1.165, 1.54) is 25.1 Å². The average molecular weight is 299 g/mol. The zero-order valence-corrected chi connectivity index (χ0v) is 11.8. The average Bonchev–Trinajstić information content (AvgIpc) is 2.67. The number of anilines is 1. The van der Waals surface area contributed by atoms with Crippen LogP contribution in [0.25, 0.3) is 0 Å². The van der Waals surface area contributed by atoms with Gasteiger partial charge in [-0.15, -0.1) is 0 Å². The van der Waals surface area contributed by atoms with Crippen LogP contribution in [0.2, 0.25) is 0 Å². The molecule has 5 nitrogen and oxygen atoms in total. The lowest BCUT2D eigenvalue weighted by molar-refractivity contribution is 0.276. The van der Waals surface area contributed by atoms with Crippen molar-refractivity contribution in [3.63, 3.8) is 0 Å². The van der Waals surface area contributed by atoms with E-state index >= 15 is 0 Å². The van der Waals surface area contributed by atoms with Gasteiger partial charge in [-0.25, -0.2) is 12.8 Å². The molecule has 0 aliphatic rings. The van der Waals surface area contributed by atoms with Crippen molar-refractivity contribution in [1.82, 2.24) is 0 Å². The highest BCUT2D eigenvalue weighted by atomic mass is 32.2. The summed E-state index contributed by atoms with van der Waals surface area (Å²) < 4.78 is 45.5. The second-order valence-electron chi connectivity index (χ2n) is 4.27. The summed E-state index contributed by atoms with van der Waals surface area (Å²) in [5.41, 5.74) is 0.0148. The molecule has 2 rings (SSSR count). The second-order valence-corrected chi connectivity index (χ2v) is 5.88. The van der Waals surface area contributed by atoms with Crippen molar-refractivity contribution in [1.29, 1.82) is 0 Å². The quantitative estimate of drug-likeness (QED) is 0.908. The SMILES string of the molecule is Cc1oc(C)c(S(=O)(=O)Nc2ccccc2F)c1CO. The molecule has 0 saturated heterocycles. The number of halogens is 1. The first-order chi connectivity index (χ1) is 9.36. The number of aliphatic hydroxyl groups is 1. The summed E-state index contributed by atoms with van der Waals surface area (Å²) in [5.74, 6) is -0.214. The van der Waals surface area contributed by atoms with Crippen LogP contribution in [0.15, 0.2) is 33.6 Å². The van der Waals surface area contributed by atoms with E-state index in [1.54, 1.807) is 6.92 Å². The minimum atomic E-state index is -4.03. The molecule has 0 bridgehead atoms. The summed E-state index contributed by atoms with van der Waals surface area (Å²) in [4.78, 5) is -0.152. The molecule has 0 radical (unpaired) electrons. The van der Waals surface area contributed by atoms with E-state index < -0.39 is 22.4 Å². The van der Waals surface area contributed by atoms with Crippen LogP contribution in [0.1, 0.15) is 17.1 Å². The highest BCUT2D eigenvalue weighted by molar-refractivity contribution is 7.92. The summed E-state index contributed by atoms with van der Waals surface area (Å²) in [7, 11) is -4.03. The first-order valence-corrected chi connectivity index (χ1v) is 7.32. The number of para-hydroxylation sites is 1. The fourth-order valence-electron chi connectivity index (χ4n) is 1.98. The molecule has 2 aromatic rings. The number of furan rings is 1. The molecule has 0 saturated carbocycles. The van der Waals surface area contributed by atoms with E-state index in [0.717, 1.165) is 6.07 Å². The largest absolute Gasteiger partial charge is 0.465 e. The number of aliphatic hydroxyl groups excluding tert-OH is 1. The molecular formula is C13H14FNO4S. The van der Waals surface area contributed by atoms with E-state index in [1.807, 2.05) is 0 Å². The van der Waals surface area contributed by atoms with Crippen LogP contribution in [-0.4, -0.2) is 13.5 Å². The summed E-state index contributed by atoms with van der Waals surface area (Å²) >= 11 is 0. The monoisotopic (exact) mass is 299 g/mol. The first kappa shape index (κ1) is 14.5. The molecule has 0 fully saturated rings. The van der Waals surface area contributed by atoms with Crippen LogP contribution in [0, 0.1) is 19.7 Å². The molecule has 108 valence electrons. The molecule has 0 unspecified atom stereocenters. The Kier molecular flexibility index (Phi) is 3.82. The maximum absolute atomic E-state index is 13.5. The normalized spacial score (nSPS) is 11.6. The fourth-order valence-corrected chi connectivity index (χ4v) is 3.49. The maximum atomic E-state index is 13.5. The second kappa shape index (κ2) is 5.26. The molecule has 0 aliphatic heterocycles. The van der Waals surface area contributed by atoms with E-state index in [-0.39, 0.29) is 21.9 Å². The predicted octanol–water partition coefficient (Wildman–Crippen LogP) is 2.33.